The Kier molecular flexibility index (Phi) is 4.14. The van der Waals surface area contributed by atoms with E-state index < -0.39 is 26.6 Å². The van der Waals surface area contributed by atoms with Gasteiger partial charge in [0.1, 0.15) is 11.6 Å². The molecular weight excluding hydrogens is 358 g/mol. The quantitative estimate of drug-likeness (QED) is 0.767. The number of benzene rings is 2. The topological polar surface area (TPSA) is 68.2 Å². The van der Waals surface area contributed by atoms with Gasteiger partial charge >= 0.3 is 4.87 Å². The zero-order valence-electron chi connectivity index (χ0n) is 12.4. The molecule has 0 saturated carbocycles. The van der Waals surface area contributed by atoms with Crippen molar-refractivity contribution in [1.29, 1.82) is 0 Å². The maximum absolute atomic E-state index is 13.7. The number of nitrogens with zero attached hydrogens (tertiary/aromatic N) is 1. The lowest BCUT2D eigenvalue weighted by Gasteiger charge is -2.10. The van der Waals surface area contributed by atoms with Crippen LogP contribution < -0.4 is 9.60 Å². The zero-order chi connectivity index (χ0) is 17.5. The van der Waals surface area contributed by atoms with Crippen LogP contribution >= 0.6 is 11.3 Å². The van der Waals surface area contributed by atoms with Gasteiger partial charge in [0.15, 0.2) is 4.90 Å². The first kappa shape index (κ1) is 16.6. The lowest BCUT2D eigenvalue weighted by molar-refractivity contribution is 0.521. The smallest absolute Gasteiger partial charge is 0.299 e. The van der Waals surface area contributed by atoms with Gasteiger partial charge in [0.2, 0.25) is 0 Å². The van der Waals surface area contributed by atoms with Gasteiger partial charge in [-0.3, -0.25) is 14.1 Å². The molecule has 0 aliphatic heterocycles. The van der Waals surface area contributed by atoms with E-state index in [2.05, 4.69) is 4.72 Å². The molecule has 126 valence electrons. The molecule has 0 aliphatic carbocycles. The number of sulfonamides is 1. The summed E-state index contributed by atoms with van der Waals surface area (Å²) in [5.41, 5.74) is 0.673. The van der Waals surface area contributed by atoms with E-state index in [9.17, 15) is 22.0 Å². The van der Waals surface area contributed by atoms with Crippen LogP contribution in [-0.2, 0) is 16.6 Å². The predicted molar refractivity (Wildman–Crippen MR) is 88.9 cm³/mol. The monoisotopic (exact) mass is 370 g/mol. The standard InChI is InChI=1S/C15H12F2N2O3S2/c1-2-19-12-8-9(6-7-13(12)23-15(19)20)18-24(21,22)14-10(16)4-3-5-11(14)17/h3-8,18H,2H2,1H3. The van der Waals surface area contributed by atoms with Crippen LogP contribution in [-0.4, -0.2) is 13.0 Å². The number of anilines is 1. The number of hydrogen-bond donors (Lipinski definition) is 1. The van der Waals surface area contributed by atoms with Crippen LogP contribution in [0.5, 0.6) is 0 Å². The van der Waals surface area contributed by atoms with Crippen LogP contribution in [0.1, 0.15) is 6.92 Å². The number of aromatic nitrogens is 1. The molecule has 0 saturated heterocycles. The number of hydrogen-bond acceptors (Lipinski definition) is 4. The average Bonchev–Trinajstić information content (AvgIpc) is 2.80. The summed E-state index contributed by atoms with van der Waals surface area (Å²) in [6.07, 6.45) is 0. The summed E-state index contributed by atoms with van der Waals surface area (Å²) in [6, 6.07) is 7.31. The summed E-state index contributed by atoms with van der Waals surface area (Å²) >= 11 is 1.04. The van der Waals surface area contributed by atoms with Gasteiger partial charge in [-0.2, -0.15) is 0 Å². The number of nitrogens with one attached hydrogen (secondary N) is 1. The molecular formula is C15H12F2N2O3S2. The lowest BCUT2D eigenvalue weighted by atomic mass is 10.3. The van der Waals surface area contributed by atoms with E-state index in [1.807, 2.05) is 0 Å². The highest BCUT2D eigenvalue weighted by Gasteiger charge is 2.24. The maximum atomic E-state index is 13.7. The van der Waals surface area contributed by atoms with Crippen LogP contribution in [0.2, 0.25) is 0 Å². The van der Waals surface area contributed by atoms with E-state index in [4.69, 9.17) is 0 Å². The second-order valence-corrected chi connectivity index (χ2v) is 7.56. The molecule has 1 N–H and O–H groups in total. The van der Waals surface area contributed by atoms with Gasteiger partial charge in [-0.05, 0) is 37.3 Å². The molecule has 0 radical (unpaired) electrons. The third-order valence-corrected chi connectivity index (χ3v) is 5.82. The maximum Gasteiger partial charge on any atom is 0.308 e. The van der Waals surface area contributed by atoms with Gasteiger partial charge in [0, 0.05) is 6.54 Å². The van der Waals surface area contributed by atoms with E-state index in [1.54, 1.807) is 13.0 Å². The zero-order valence-corrected chi connectivity index (χ0v) is 14.0. The second-order valence-electron chi connectivity index (χ2n) is 4.95. The van der Waals surface area contributed by atoms with Gasteiger partial charge in [-0.1, -0.05) is 17.4 Å². The van der Waals surface area contributed by atoms with Crippen molar-refractivity contribution in [2.45, 2.75) is 18.4 Å². The SMILES string of the molecule is CCn1c(=O)sc2ccc(NS(=O)(=O)c3c(F)cccc3F)cc21. The molecule has 0 amide bonds. The first-order valence-corrected chi connectivity index (χ1v) is 9.23. The van der Waals surface area contributed by atoms with Crippen molar-refractivity contribution >= 4 is 37.3 Å². The molecule has 0 aliphatic rings. The Morgan fingerprint density at radius 2 is 1.83 bits per heavy atom. The summed E-state index contributed by atoms with van der Waals surface area (Å²) in [6.45, 7) is 2.22. The Labute approximate surface area is 140 Å². The Morgan fingerprint density at radius 1 is 1.17 bits per heavy atom. The number of aryl methyl sites for hydroxylation is 1. The third kappa shape index (κ3) is 2.80. The molecule has 1 heterocycles. The van der Waals surface area contributed by atoms with Gasteiger partial charge in [-0.15, -0.1) is 0 Å². The highest BCUT2D eigenvalue weighted by atomic mass is 32.2. The van der Waals surface area contributed by atoms with Crippen LogP contribution in [0.15, 0.2) is 46.1 Å². The van der Waals surface area contributed by atoms with E-state index in [0.29, 0.717) is 16.8 Å². The van der Waals surface area contributed by atoms with Crippen molar-refractivity contribution in [2.24, 2.45) is 0 Å². The van der Waals surface area contributed by atoms with Gasteiger partial charge in [0.05, 0.1) is 15.9 Å². The molecule has 3 aromatic rings. The van der Waals surface area contributed by atoms with E-state index >= 15 is 0 Å². The Bertz CT molecular complexity index is 1070. The van der Waals surface area contributed by atoms with E-state index in [1.165, 1.54) is 16.7 Å². The lowest BCUT2D eigenvalue weighted by Crippen LogP contribution is -2.16. The van der Waals surface area contributed by atoms with Gasteiger partial charge < -0.3 is 0 Å². The molecule has 3 rings (SSSR count). The molecule has 1 aromatic heterocycles. The molecule has 2 aromatic carbocycles. The van der Waals surface area contributed by atoms with Crippen molar-refractivity contribution < 1.29 is 17.2 Å². The Hall–Kier alpha value is -2.26. The Morgan fingerprint density at radius 3 is 2.46 bits per heavy atom. The molecule has 0 spiro atoms. The van der Waals surface area contributed by atoms with E-state index in [-0.39, 0.29) is 10.6 Å². The fourth-order valence-electron chi connectivity index (χ4n) is 2.37. The van der Waals surface area contributed by atoms with Gasteiger partial charge in [-0.25, -0.2) is 17.2 Å². The largest absolute Gasteiger partial charge is 0.308 e. The minimum atomic E-state index is -4.44. The number of thiazole rings is 1. The average molecular weight is 370 g/mol. The second kappa shape index (κ2) is 5.99. The number of rotatable bonds is 4. The summed E-state index contributed by atoms with van der Waals surface area (Å²) in [7, 11) is -4.44. The van der Waals surface area contributed by atoms with Gasteiger partial charge in [0.25, 0.3) is 10.0 Å². The number of fused-ring (bicyclic) bond motifs is 1. The van der Waals surface area contributed by atoms with Crippen LogP contribution in [0.25, 0.3) is 10.2 Å². The highest BCUT2D eigenvalue weighted by Crippen LogP contribution is 2.25. The molecule has 0 unspecified atom stereocenters. The van der Waals surface area contributed by atoms with Crippen LogP contribution in [0, 0.1) is 11.6 Å². The summed E-state index contributed by atoms with van der Waals surface area (Å²) in [5.74, 6) is -2.35. The summed E-state index contributed by atoms with van der Waals surface area (Å²) in [4.78, 5) is 10.6. The highest BCUT2D eigenvalue weighted by molar-refractivity contribution is 7.92. The Balaban J connectivity index is 2.07. The van der Waals surface area contributed by atoms with Crippen molar-refractivity contribution in [3.63, 3.8) is 0 Å². The molecule has 0 bridgehead atoms. The minimum absolute atomic E-state index is 0.116. The third-order valence-electron chi connectivity index (χ3n) is 3.42. The van der Waals surface area contributed by atoms with Crippen molar-refractivity contribution in [2.75, 3.05) is 4.72 Å². The summed E-state index contributed by atoms with van der Waals surface area (Å²) < 4.78 is 56.3. The summed E-state index contributed by atoms with van der Waals surface area (Å²) in [5, 5.41) is 0. The first-order valence-electron chi connectivity index (χ1n) is 6.93. The molecule has 9 heteroatoms. The van der Waals surface area contributed by atoms with E-state index in [0.717, 1.165) is 29.5 Å². The molecule has 24 heavy (non-hydrogen) atoms. The van der Waals surface area contributed by atoms with Crippen LogP contribution in [0.4, 0.5) is 14.5 Å². The van der Waals surface area contributed by atoms with Crippen molar-refractivity contribution in [1.82, 2.24) is 4.57 Å². The van der Waals surface area contributed by atoms with Crippen molar-refractivity contribution in [3.05, 3.63) is 57.7 Å². The molecule has 0 fully saturated rings. The molecule has 0 atom stereocenters. The first-order chi connectivity index (χ1) is 11.3. The van der Waals surface area contributed by atoms with Crippen molar-refractivity contribution in [3.8, 4) is 0 Å². The molecule has 5 nitrogen and oxygen atoms in total. The van der Waals surface area contributed by atoms with Crippen LogP contribution in [0.3, 0.4) is 0 Å². The normalized spacial score (nSPS) is 11.8. The number of halogens is 2. The minimum Gasteiger partial charge on any atom is -0.299 e. The fourth-order valence-corrected chi connectivity index (χ4v) is 4.49. The fraction of sp³-hybridized carbons (Fsp3) is 0.133. The predicted octanol–water partition coefficient (Wildman–Crippen LogP) is 3.16.